The summed E-state index contributed by atoms with van der Waals surface area (Å²) in [5.41, 5.74) is 4.14. The molecule has 0 aliphatic heterocycles. The monoisotopic (exact) mass is 332 g/mol. The average molecular weight is 333 g/mol. The van der Waals surface area contributed by atoms with Gasteiger partial charge in [-0.2, -0.15) is 4.98 Å². The summed E-state index contributed by atoms with van der Waals surface area (Å²) in [6, 6.07) is 5.90. The van der Waals surface area contributed by atoms with Gasteiger partial charge < -0.3 is 15.7 Å². The van der Waals surface area contributed by atoms with Crippen molar-refractivity contribution in [2.75, 3.05) is 23.8 Å². The number of aromatic nitrogens is 2. The number of aliphatic hydroxyl groups excluding tert-OH is 1. The third-order valence-corrected chi connectivity index (χ3v) is 4.41. The molecule has 5 nitrogen and oxygen atoms in total. The lowest BCUT2D eigenvalue weighted by molar-refractivity contribution is 0.311. The molecule has 0 atom stereocenters. The van der Waals surface area contributed by atoms with Crippen LogP contribution in [-0.2, 0) is 0 Å². The van der Waals surface area contributed by atoms with Gasteiger partial charge in [-0.05, 0) is 43.9 Å². The number of nitrogens with one attached hydrogen (secondary N) is 2. The second-order valence-corrected chi connectivity index (χ2v) is 6.32. The van der Waals surface area contributed by atoms with Crippen molar-refractivity contribution in [2.24, 2.45) is 0 Å². The highest BCUT2D eigenvalue weighted by Gasteiger charge is 2.26. The molecule has 1 aromatic carbocycles. The number of hydrogen-bond acceptors (Lipinski definition) is 5. The van der Waals surface area contributed by atoms with Crippen molar-refractivity contribution in [1.82, 2.24) is 9.97 Å². The van der Waals surface area contributed by atoms with Gasteiger partial charge >= 0.3 is 0 Å². The molecule has 1 saturated carbocycles. The molecule has 1 heterocycles. The first-order valence-electron chi connectivity index (χ1n) is 7.85. The molecule has 2 aromatic rings. The van der Waals surface area contributed by atoms with Crippen molar-refractivity contribution >= 4 is 29.1 Å². The number of benzene rings is 1. The lowest BCUT2D eigenvalue weighted by atomic mass is 10.1. The molecule has 1 fully saturated rings. The van der Waals surface area contributed by atoms with Gasteiger partial charge in [0, 0.05) is 29.2 Å². The standard InChI is InChI=1S/C17H21ClN4O/c1-10-3-6-13(18)11(2)16(10)21-15-9-14(12-4-5-12)20-17(22-15)19-7-8-23/h3,6,9,12,23H,4-5,7-8H2,1-2H3,(H2,19,20,21,22). The second-order valence-electron chi connectivity index (χ2n) is 5.92. The molecule has 1 aliphatic carbocycles. The quantitative estimate of drug-likeness (QED) is 0.751. The number of nitrogens with zero attached hydrogens (tertiary/aromatic N) is 2. The number of aryl methyl sites for hydroxylation is 1. The van der Waals surface area contributed by atoms with Gasteiger partial charge in [0.1, 0.15) is 5.82 Å². The molecule has 0 unspecified atom stereocenters. The molecule has 0 saturated heterocycles. The summed E-state index contributed by atoms with van der Waals surface area (Å²) >= 11 is 6.23. The van der Waals surface area contributed by atoms with Gasteiger partial charge in [-0.1, -0.05) is 17.7 Å². The Hall–Kier alpha value is -1.85. The Morgan fingerprint density at radius 2 is 2.04 bits per heavy atom. The Morgan fingerprint density at radius 3 is 2.74 bits per heavy atom. The van der Waals surface area contributed by atoms with E-state index in [-0.39, 0.29) is 6.61 Å². The van der Waals surface area contributed by atoms with Crippen LogP contribution in [0.3, 0.4) is 0 Å². The molecule has 0 radical (unpaired) electrons. The summed E-state index contributed by atoms with van der Waals surface area (Å²) in [7, 11) is 0. The van der Waals surface area contributed by atoms with Crippen LogP contribution in [0.4, 0.5) is 17.5 Å². The Labute approximate surface area is 141 Å². The van der Waals surface area contributed by atoms with Gasteiger partial charge in [-0.15, -0.1) is 0 Å². The minimum atomic E-state index is 0.0479. The van der Waals surface area contributed by atoms with Crippen LogP contribution in [0, 0.1) is 13.8 Å². The first-order valence-corrected chi connectivity index (χ1v) is 8.22. The van der Waals surface area contributed by atoms with E-state index in [1.165, 1.54) is 12.8 Å². The fourth-order valence-electron chi connectivity index (χ4n) is 2.51. The molecule has 0 spiro atoms. The van der Waals surface area contributed by atoms with E-state index in [2.05, 4.69) is 20.6 Å². The van der Waals surface area contributed by atoms with Crippen LogP contribution in [0.15, 0.2) is 18.2 Å². The zero-order valence-corrected chi connectivity index (χ0v) is 14.1. The van der Waals surface area contributed by atoms with E-state index in [1.54, 1.807) is 0 Å². The normalized spacial score (nSPS) is 13.9. The number of aliphatic hydroxyl groups is 1. The summed E-state index contributed by atoms with van der Waals surface area (Å²) in [6.07, 6.45) is 2.34. The fraction of sp³-hybridized carbons (Fsp3) is 0.412. The van der Waals surface area contributed by atoms with Crippen LogP contribution in [-0.4, -0.2) is 28.2 Å². The highest BCUT2D eigenvalue weighted by Crippen LogP contribution is 2.40. The van der Waals surface area contributed by atoms with Gasteiger partial charge in [0.15, 0.2) is 0 Å². The van der Waals surface area contributed by atoms with Crippen LogP contribution in [0.5, 0.6) is 0 Å². The maximum atomic E-state index is 8.98. The Bertz CT molecular complexity index is 716. The lowest BCUT2D eigenvalue weighted by Crippen LogP contribution is -2.11. The SMILES string of the molecule is Cc1ccc(Cl)c(C)c1Nc1cc(C2CC2)nc(NCCO)n1. The molecule has 6 heteroatoms. The van der Waals surface area contributed by atoms with E-state index in [9.17, 15) is 0 Å². The molecule has 3 rings (SSSR count). The maximum absolute atomic E-state index is 8.98. The van der Waals surface area contributed by atoms with Gasteiger partial charge in [0.25, 0.3) is 0 Å². The van der Waals surface area contributed by atoms with Crippen LogP contribution in [0.1, 0.15) is 35.6 Å². The molecule has 122 valence electrons. The minimum absolute atomic E-state index is 0.0479. The zero-order chi connectivity index (χ0) is 16.4. The van der Waals surface area contributed by atoms with E-state index in [0.29, 0.717) is 18.4 Å². The van der Waals surface area contributed by atoms with E-state index in [1.807, 2.05) is 32.0 Å². The summed E-state index contributed by atoms with van der Waals surface area (Å²) in [5.74, 6) is 1.81. The van der Waals surface area contributed by atoms with Gasteiger partial charge in [-0.25, -0.2) is 4.98 Å². The number of rotatable bonds is 6. The molecule has 1 aliphatic rings. The molecule has 23 heavy (non-hydrogen) atoms. The van der Waals surface area contributed by atoms with E-state index in [4.69, 9.17) is 16.7 Å². The first kappa shape index (κ1) is 16.0. The number of anilines is 3. The van der Waals surface area contributed by atoms with E-state index >= 15 is 0 Å². The molecular weight excluding hydrogens is 312 g/mol. The second kappa shape index (κ2) is 6.72. The van der Waals surface area contributed by atoms with Crippen molar-refractivity contribution in [3.8, 4) is 0 Å². The van der Waals surface area contributed by atoms with Crippen molar-refractivity contribution in [3.63, 3.8) is 0 Å². The molecule has 0 bridgehead atoms. The first-order chi connectivity index (χ1) is 11.1. The third kappa shape index (κ3) is 3.74. The van der Waals surface area contributed by atoms with Crippen molar-refractivity contribution in [3.05, 3.63) is 40.0 Å². The number of hydrogen-bond donors (Lipinski definition) is 3. The number of halogens is 1. The van der Waals surface area contributed by atoms with Crippen LogP contribution >= 0.6 is 11.6 Å². The highest BCUT2D eigenvalue weighted by atomic mass is 35.5. The summed E-state index contributed by atoms with van der Waals surface area (Å²) in [4.78, 5) is 9.04. The average Bonchev–Trinajstić information content (AvgIpc) is 3.38. The Morgan fingerprint density at radius 1 is 1.26 bits per heavy atom. The van der Waals surface area contributed by atoms with Crippen molar-refractivity contribution in [2.45, 2.75) is 32.6 Å². The predicted molar refractivity (Wildman–Crippen MR) is 93.8 cm³/mol. The van der Waals surface area contributed by atoms with Crippen LogP contribution in [0.2, 0.25) is 5.02 Å². The molecule has 1 aromatic heterocycles. The minimum Gasteiger partial charge on any atom is -0.395 e. The fourth-order valence-corrected chi connectivity index (χ4v) is 2.66. The topological polar surface area (TPSA) is 70.1 Å². The van der Waals surface area contributed by atoms with E-state index < -0.39 is 0 Å². The molecular formula is C17H21ClN4O. The smallest absolute Gasteiger partial charge is 0.224 e. The Balaban J connectivity index is 1.92. The van der Waals surface area contributed by atoms with Crippen molar-refractivity contribution in [1.29, 1.82) is 0 Å². The van der Waals surface area contributed by atoms with Gasteiger partial charge in [-0.3, -0.25) is 0 Å². The highest BCUT2D eigenvalue weighted by molar-refractivity contribution is 6.31. The maximum Gasteiger partial charge on any atom is 0.224 e. The van der Waals surface area contributed by atoms with Gasteiger partial charge in [0.05, 0.1) is 12.3 Å². The summed E-state index contributed by atoms with van der Waals surface area (Å²) in [5, 5.41) is 16.1. The lowest BCUT2D eigenvalue weighted by Gasteiger charge is -2.15. The summed E-state index contributed by atoms with van der Waals surface area (Å²) < 4.78 is 0. The largest absolute Gasteiger partial charge is 0.395 e. The molecule has 0 amide bonds. The van der Waals surface area contributed by atoms with E-state index in [0.717, 1.165) is 33.3 Å². The molecule has 3 N–H and O–H groups in total. The van der Waals surface area contributed by atoms with Crippen LogP contribution in [0.25, 0.3) is 0 Å². The third-order valence-electron chi connectivity index (χ3n) is 4.00. The van der Waals surface area contributed by atoms with Crippen LogP contribution < -0.4 is 10.6 Å². The Kier molecular flexibility index (Phi) is 4.68. The predicted octanol–water partition coefficient (Wildman–Crippen LogP) is 3.77. The van der Waals surface area contributed by atoms with Gasteiger partial charge in [0.2, 0.25) is 5.95 Å². The zero-order valence-electron chi connectivity index (χ0n) is 13.4. The van der Waals surface area contributed by atoms with Crippen molar-refractivity contribution < 1.29 is 5.11 Å². The summed E-state index contributed by atoms with van der Waals surface area (Å²) in [6.45, 7) is 4.51.